The lowest BCUT2D eigenvalue weighted by Gasteiger charge is -2.12. The molecule has 0 spiro atoms. The number of nitrogens with zero attached hydrogens (tertiary/aromatic N) is 2. The first-order valence-electron chi connectivity index (χ1n) is 6.22. The molecule has 0 saturated heterocycles. The minimum atomic E-state index is -0.310. The number of hydrogen-bond acceptors (Lipinski definition) is 5. The summed E-state index contributed by atoms with van der Waals surface area (Å²) in [6.07, 6.45) is 1.60. The number of amides is 1. The van der Waals surface area contributed by atoms with Crippen molar-refractivity contribution in [3.05, 3.63) is 47.7 Å². The molecule has 2 aromatic rings. The highest BCUT2D eigenvalue weighted by molar-refractivity contribution is 6.08. The molecule has 1 aromatic heterocycles. The zero-order chi connectivity index (χ0) is 15.2. The third-order valence-corrected chi connectivity index (χ3v) is 2.87. The molecule has 0 bridgehead atoms. The zero-order valence-corrected chi connectivity index (χ0v) is 11.7. The Morgan fingerprint density at radius 3 is 2.86 bits per heavy atom. The molecule has 0 saturated carbocycles. The molecule has 0 unspecified atom stereocenters. The molecule has 21 heavy (non-hydrogen) atoms. The van der Waals surface area contributed by atoms with E-state index < -0.39 is 0 Å². The van der Waals surface area contributed by atoms with Gasteiger partial charge >= 0.3 is 0 Å². The van der Waals surface area contributed by atoms with Gasteiger partial charge in [0.2, 0.25) is 0 Å². The Morgan fingerprint density at radius 1 is 1.38 bits per heavy atom. The molecule has 106 valence electrons. The van der Waals surface area contributed by atoms with Gasteiger partial charge in [0, 0.05) is 19.3 Å². The van der Waals surface area contributed by atoms with Gasteiger partial charge < -0.3 is 15.4 Å². The number of hydrogen-bond donors (Lipinski definition) is 2. The molecule has 6 nitrogen and oxygen atoms in total. The molecule has 1 aromatic carbocycles. The van der Waals surface area contributed by atoms with E-state index in [1.54, 1.807) is 43.6 Å². The van der Waals surface area contributed by atoms with Crippen LogP contribution >= 0.6 is 0 Å². The van der Waals surface area contributed by atoms with Crippen molar-refractivity contribution >= 4 is 17.4 Å². The van der Waals surface area contributed by atoms with Crippen molar-refractivity contribution in [1.82, 2.24) is 4.98 Å². The zero-order valence-electron chi connectivity index (χ0n) is 11.7. The molecule has 0 fully saturated rings. The Morgan fingerprint density at radius 2 is 2.19 bits per heavy atom. The minimum absolute atomic E-state index is 0.310. The number of rotatable bonds is 4. The van der Waals surface area contributed by atoms with Crippen LogP contribution in [-0.4, -0.2) is 25.0 Å². The van der Waals surface area contributed by atoms with Crippen molar-refractivity contribution in [2.24, 2.45) is 0 Å². The monoisotopic (exact) mass is 282 g/mol. The number of ether oxygens (including phenoxy) is 1. The van der Waals surface area contributed by atoms with Crippen LogP contribution in [0.25, 0.3) is 0 Å². The van der Waals surface area contributed by atoms with Crippen LogP contribution in [0.3, 0.4) is 0 Å². The van der Waals surface area contributed by atoms with Crippen molar-refractivity contribution in [2.75, 3.05) is 24.8 Å². The lowest BCUT2D eigenvalue weighted by molar-refractivity contribution is 0.102. The van der Waals surface area contributed by atoms with Crippen LogP contribution in [-0.2, 0) is 0 Å². The molecule has 0 atom stereocenters. The van der Waals surface area contributed by atoms with Gasteiger partial charge in [-0.3, -0.25) is 4.79 Å². The van der Waals surface area contributed by atoms with Crippen LogP contribution in [0, 0.1) is 11.3 Å². The smallest absolute Gasteiger partial charge is 0.259 e. The van der Waals surface area contributed by atoms with Gasteiger partial charge in [-0.05, 0) is 24.3 Å². The Labute approximate surface area is 122 Å². The molecule has 1 heterocycles. The molecule has 6 heteroatoms. The van der Waals surface area contributed by atoms with Crippen LogP contribution in [0.1, 0.15) is 15.9 Å². The van der Waals surface area contributed by atoms with E-state index in [0.717, 1.165) is 0 Å². The Bertz CT molecular complexity index is 707. The third kappa shape index (κ3) is 3.09. The van der Waals surface area contributed by atoms with E-state index in [9.17, 15) is 4.79 Å². The van der Waals surface area contributed by atoms with E-state index >= 15 is 0 Å². The fraction of sp³-hybridized carbons (Fsp3) is 0.133. The van der Waals surface area contributed by atoms with E-state index in [4.69, 9.17) is 10.00 Å². The molecule has 0 aliphatic rings. The SMILES string of the molecule is CNc1ncccc1C(=O)Nc1ccc(C#N)cc1OC. The average molecular weight is 282 g/mol. The van der Waals surface area contributed by atoms with Crippen molar-refractivity contribution in [2.45, 2.75) is 0 Å². The van der Waals surface area contributed by atoms with Crippen LogP contribution in [0.2, 0.25) is 0 Å². The van der Waals surface area contributed by atoms with Crippen LogP contribution in [0.5, 0.6) is 5.75 Å². The standard InChI is InChI=1S/C15H14N4O2/c1-17-14-11(4-3-7-18-14)15(20)19-12-6-5-10(9-16)8-13(12)21-2/h3-8H,1-2H3,(H,17,18)(H,19,20). The second kappa shape index (κ2) is 6.39. The minimum Gasteiger partial charge on any atom is -0.495 e. The van der Waals surface area contributed by atoms with Gasteiger partial charge in [-0.25, -0.2) is 4.98 Å². The Balaban J connectivity index is 2.30. The van der Waals surface area contributed by atoms with E-state index in [1.165, 1.54) is 7.11 Å². The molecule has 1 amide bonds. The molecular formula is C15H14N4O2. The maximum atomic E-state index is 12.3. The molecule has 0 radical (unpaired) electrons. The van der Waals surface area contributed by atoms with Crippen molar-refractivity contribution in [1.29, 1.82) is 5.26 Å². The molecular weight excluding hydrogens is 268 g/mol. The highest BCUT2D eigenvalue weighted by Crippen LogP contribution is 2.26. The summed E-state index contributed by atoms with van der Waals surface area (Å²) in [5, 5.41) is 14.5. The summed E-state index contributed by atoms with van der Waals surface area (Å²) in [6, 6.07) is 10.2. The summed E-state index contributed by atoms with van der Waals surface area (Å²) in [5.41, 5.74) is 1.38. The van der Waals surface area contributed by atoms with E-state index in [0.29, 0.717) is 28.4 Å². The van der Waals surface area contributed by atoms with Gasteiger partial charge in [0.15, 0.2) is 0 Å². The Kier molecular flexibility index (Phi) is 4.36. The molecule has 2 rings (SSSR count). The van der Waals surface area contributed by atoms with Crippen LogP contribution in [0.15, 0.2) is 36.5 Å². The molecule has 2 N–H and O–H groups in total. The van der Waals surface area contributed by atoms with Gasteiger partial charge in [0.05, 0.1) is 30.0 Å². The summed E-state index contributed by atoms with van der Waals surface area (Å²) in [6.45, 7) is 0. The van der Waals surface area contributed by atoms with Gasteiger partial charge in [0.1, 0.15) is 11.6 Å². The first-order chi connectivity index (χ1) is 10.2. The lowest BCUT2D eigenvalue weighted by atomic mass is 10.2. The Hall–Kier alpha value is -3.07. The average Bonchev–Trinajstić information content (AvgIpc) is 2.55. The highest BCUT2D eigenvalue weighted by Gasteiger charge is 2.14. The van der Waals surface area contributed by atoms with Gasteiger partial charge in [0.25, 0.3) is 5.91 Å². The predicted molar refractivity (Wildman–Crippen MR) is 79.4 cm³/mol. The number of carbonyl (C=O) groups excluding carboxylic acids is 1. The second-order valence-corrected chi connectivity index (χ2v) is 4.13. The topological polar surface area (TPSA) is 87.0 Å². The molecule has 0 aliphatic carbocycles. The summed E-state index contributed by atoms with van der Waals surface area (Å²) >= 11 is 0. The summed E-state index contributed by atoms with van der Waals surface area (Å²) in [5.74, 6) is 0.607. The molecule has 0 aliphatic heterocycles. The number of benzene rings is 1. The number of carbonyl (C=O) groups is 1. The maximum absolute atomic E-state index is 12.3. The number of pyridine rings is 1. The van der Waals surface area contributed by atoms with Crippen molar-refractivity contribution < 1.29 is 9.53 Å². The number of methoxy groups -OCH3 is 1. The maximum Gasteiger partial charge on any atom is 0.259 e. The normalized spacial score (nSPS) is 9.57. The number of nitriles is 1. The largest absolute Gasteiger partial charge is 0.495 e. The van der Waals surface area contributed by atoms with Gasteiger partial charge in [-0.1, -0.05) is 0 Å². The predicted octanol–water partition coefficient (Wildman–Crippen LogP) is 2.26. The number of aromatic nitrogens is 1. The highest BCUT2D eigenvalue weighted by atomic mass is 16.5. The second-order valence-electron chi connectivity index (χ2n) is 4.13. The van der Waals surface area contributed by atoms with E-state index in [2.05, 4.69) is 15.6 Å². The number of nitrogens with one attached hydrogen (secondary N) is 2. The summed E-state index contributed by atoms with van der Waals surface area (Å²) < 4.78 is 5.18. The van der Waals surface area contributed by atoms with Crippen LogP contribution < -0.4 is 15.4 Å². The lowest BCUT2D eigenvalue weighted by Crippen LogP contribution is -2.15. The fourth-order valence-corrected chi connectivity index (χ4v) is 1.84. The van der Waals surface area contributed by atoms with E-state index in [1.807, 2.05) is 6.07 Å². The fourth-order valence-electron chi connectivity index (χ4n) is 1.84. The van der Waals surface area contributed by atoms with Crippen molar-refractivity contribution in [3.63, 3.8) is 0 Å². The van der Waals surface area contributed by atoms with Crippen molar-refractivity contribution in [3.8, 4) is 11.8 Å². The summed E-state index contributed by atoms with van der Waals surface area (Å²) in [4.78, 5) is 16.4. The van der Waals surface area contributed by atoms with Crippen LogP contribution in [0.4, 0.5) is 11.5 Å². The quantitative estimate of drug-likeness (QED) is 0.898. The first-order valence-corrected chi connectivity index (χ1v) is 6.22. The number of anilines is 2. The van der Waals surface area contributed by atoms with Gasteiger partial charge in [-0.15, -0.1) is 0 Å². The third-order valence-electron chi connectivity index (χ3n) is 2.87. The van der Waals surface area contributed by atoms with E-state index in [-0.39, 0.29) is 5.91 Å². The summed E-state index contributed by atoms with van der Waals surface area (Å²) in [7, 11) is 3.18. The first kappa shape index (κ1) is 14.3. The van der Waals surface area contributed by atoms with Gasteiger partial charge in [-0.2, -0.15) is 5.26 Å².